The molecular formula is C15H15N3O2. The molecular weight excluding hydrogens is 254 g/mol. The second-order valence-corrected chi connectivity index (χ2v) is 4.68. The average molecular weight is 269 g/mol. The van der Waals surface area contributed by atoms with Gasteiger partial charge in [0, 0.05) is 11.8 Å². The highest BCUT2D eigenvalue weighted by molar-refractivity contribution is 5.98. The first-order valence-corrected chi connectivity index (χ1v) is 6.48. The first-order valence-electron chi connectivity index (χ1n) is 6.48. The van der Waals surface area contributed by atoms with Gasteiger partial charge in [0.05, 0.1) is 30.1 Å². The molecule has 5 heteroatoms. The lowest BCUT2D eigenvalue weighted by Gasteiger charge is -2.25. The number of hydrogen-bond donors (Lipinski definition) is 2. The van der Waals surface area contributed by atoms with Gasteiger partial charge < -0.3 is 15.8 Å². The van der Waals surface area contributed by atoms with Crippen LogP contribution in [0.3, 0.4) is 0 Å². The fourth-order valence-corrected chi connectivity index (χ4v) is 2.35. The number of carbonyl (C=O) groups is 1. The number of benzene rings is 1. The molecule has 3 N–H and O–H groups in total. The van der Waals surface area contributed by atoms with E-state index in [1.54, 1.807) is 12.3 Å². The van der Waals surface area contributed by atoms with Crippen LogP contribution < -0.4 is 15.8 Å². The van der Waals surface area contributed by atoms with Gasteiger partial charge in [0.15, 0.2) is 0 Å². The Labute approximate surface area is 116 Å². The number of carbonyl (C=O) groups excluding carboxylic acids is 1. The number of amides is 1. The van der Waals surface area contributed by atoms with Gasteiger partial charge in [-0.25, -0.2) is 0 Å². The van der Waals surface area contributed by atoms with Crippen molar-refractivity contribution in [2.24, 2.45) is 0 Å². The molecule has 1 aromatic carbocycles. The molecule has 2 heterocycles. The molecule has 1 amide bonds. The molecule has 20 heavy (non-hydrogen) atoms. The third kappa shape index (κ3) is 2.30. The average Bonchev–Trinajstić information content (AvgIpc) is 2.49. The maximum Gasteiger partial charge on any atom is 0.232 e. The Morgan fingerprint density at radius 2 is 2.20 bits per heavy atom. The van der Waals surface area contributed by atoms with Crippen molar-refractivity contribution in [3.63, 3.8) is 0 Å². The summed E-state index contributed by atoms with van der Waals surface area (Å²) in [6, 6.07) is 9.32. The van der Waals surface area contributed by atoms with Gasteiger partial charge in [-0.1, -0.05) is 18.2 Å². The van der Waals surface area contributed by atoms with E-state index in [9.17, 15) is 4.79 Å². The predicted molar refractivity (Wildman–Crippen MR) is 76.6 cm³/mol. The molecule has 1 aromatic heterocycles. The predicted octanol–water partition coefficient (Wildman–Crippen LogP) is 2.17. The first kappa shape index (κ1) is 12.5. The molecule has 2 aromatic rings. The molecule has 0 spiro atoms. The summed E-state index contributed by atoms with van der Waals surface area (Å²) >= 11 is 0. The molecule has 0 radical (unpaired) electrons. The van der Waals surface area contributed by atoms with Crippen LogP contribution >= 0.6 is 0 Å². The van der Waals surface area contributed by atoms with E-state index in [0.717, 1.165) is 11.3 Å². The number of aromatic nitrogens is 1. The van der Waals surface area contributed by atoms with Gasteiger partial charge in [0.1, 0.15) is 5.75 Å². The molecule has 0 aliphatic carbocycles. The summed E-state index contributed by atoms with van der Waals surface area (Å²) in [5.74, 6) is 0.493. The van der Waals surface area contributed by atoms with Gasteiger partial charge in [-0.05, 0) is 18.6 Å². The lowest BCUT2D eigenvalue weighted by Crippen LogP contribution is -2.26. The van der Waals surface area contributed by atoms with Crippen LogP contribution in [0.1, 0.15) is 17.9 Å². The minimum Gasteiger partial charge on any atom is -0.493 e. The number of para-hydroxylation sites is 1. The smallest absolute Gasteiger partial charge is 0.232 e. The van der Waals surface area contributed by atoms with Crippen LogP contribution in [0.2, 0.25) is 0 Å². The standard InChI is InChI=1S/C15H15N3O2/c16-12-9-17-7-5-13(12)18-15(19)11-6-8-20-14-4-2-1-3-10(11)14/h1-5,7,9,11H,6,8,16H2,(H,17,18,19). The number of hydrogen-bond acceptors (Lipinski definition) is 4. The number of ether oxygens (including phenoxy) is 1. The van der Waals surface area contributed by atoms with Crippen molar-refractivity contribution < 1.29 is 9.53 Å². The summed E-state index contributed by atoms with van der Waals surface area (Å²) in [7, 11) is 0. The topological polar surface area (TPSA) is 77.2 Å². The SMILES string of the molecule is Nc1cnccc1NC(=O)C1CCOc2ccccc21. The number of nitrogens with two attached hydrogens (primary N) is 1. The Morgan fingerprint density at radius 3 is 3.05 bits per heavy atom. The third-order valence-electron chi connectivity index (χ3n) is 3.38. The minimum absolute atomic E-state index is 0.0707. The highest BCUT2D eigenvalue weighted by atomic mass is 16.5. The molecule has 1 aliphatic rings. The number of nitrogens with zero attached hydrogens (tertiary/aromatic N) is 1. The van der Waals surface area contributed by atoms with Crippen molar-refractivity contribution in [1.29, 1.82) is 0 Å². The lowest BCUT2D eigenvalue weighted by atomic mass is 9.92. The van der Waals surface area contributed by atoms with Crippen LogP contribution in [0.5, 0.6) is 5.75 Å². The molecule has 102 valence electrons. The number of nitrogens with one attached hydrogen (secondary N) is 1. The Hall–Kier alpha value is -2.56. The van der Waals surface area contributed by atoms with Crippen LogP contribution in [-0.2, 0) is 4.79 Å². The zero-order chi connectivity index (χ0) is 13.9. The summed E-state index contributed by atoms with van der Waals surface area (Å²) in [5, 5.41) is 2.86. The summed E-state index contributed by atoms with van der Waals surface area (Å²) in [5.41, 5.74) is 7.76. The molecule has 0 saturated heterocycles. The number of anilines is 2. The number of nitrogen functional groups attached to an aromatic ring is 1. The third-order valence-corrected chi connectivity index (χ3v) is 3.38. The van der Waals surface area contributed by atoms with E-state index in [-0.39, 0.29) is 11.8 Å². The second-order valence-electron chi connectivity index (χ2n) is 4.68. The van der Waals surface area contributed by atoms with E-state index in [1.807, 2.05) is 24.3 Å². The van der Waals surface area contributed by atoms with Gasteiger partial charge in [0.25, 0.3) is 0 Å². The van der Waals surface area contributed by atoms with Crippen molar-refractivity contribution in [3.8, 4) is 5.75 Å². The van der Waals surface area contributed by atoms with Gasteiger partial charge in [-0.2, -0.15) is 0 Å². The molecule has 0 bridgehead atoms. The van der Waals surface area contributed by atoms with E-state index in [2.05, 4.69) is 10.3 Å². The van der Waals surface area contributed by atoms with Crippen molar-refractivity contribution >= 4 is 17.3 Å². The zero-order valence-corrected chi connectivity index (χ0v) is 10.9. The molecule has 1 unspecified atom stereocenters. The molecule has 3 rings (SSSR count). The number of fused-ring (bicyclic) bond motifs is 1. The van der Waals surface area contributed by atoms with Crippen LogP contribution in [0.25, 0.3) is 0 Å². The quantitative estimate of drug-likeness (QED) is 0.876. The summed E-state index contributed by atoms with van der Waals surface area (Å²) in [6.07, 6.45) is 3.78. The highest BCUT2D eigenvalue weighted by Crippen LogP contribution is 2.34. The summed E-state index contributed by atoms with van der Waals surface area (Å²) in [6.45, 7) is 0.543. The second kappa shape index (κ2) is 5.21. The van der Waals surface area contributed by atoms with E-state index >= 15 is 0 Å². The first-order chi connectivity index (χ1) is 9.75. The van der Waals surface area contributed by atoms with Gasteiger partial charge in [0.2, 0.25) is 5.91 Å². The van der Waals surface area contributed by atoms with E-state index < -0.39 is 0 Å². The van der Waals surface area contributed by atoms with Crippen LogP contribution in [0, 0.1) is 0 Å². The Bertz CT molecular complexity index is 643. The van der Waals surface area contributed by atoms with Crippen LogP contribution in [-0.4, -0.2) is 17.5 Å². The summed E-state index contributed by atoms with van der Waals surface area (Å²) in [4.78, 5) is 16.3. The van der Waals surface area contributed by atoms with E-state index in [0.29, 0.717) is 24.4 Å². The monoisotopic (exact) mass is 269 g/mol. The maximum absolute atomic E-state index is 12.4. The largest absolute Gasteiger partial charge is 0.493 e. The minimum atomic E-state index is -0.215. The van der Waals surface area contributed by atoms with E-state index in [4.69, 9.17) is 10.5 Å². The molecule has 1 atom stereocenters. The Kier molecular flexibility index (Phi) is 3.25. The van der Waals surface area contributed by atoms with E-state index in [1.165, 1.54) is 6.20 Å². The summed E-state index contributed by atoms with van der Waals surface area (Å²) < 4.78 is 5.56. The molecule has 0 fully saturated rings. The molecule has 1 aliphatic heterocycles. The zero-order valence-electron chi connectivity index (χ0n) is 10.9. The fraction of sp³-hybridized carbons (Fsp3) is 0.200. The fourth-order valence-electron chi connectivity index (χ4n) is 2.35. The van der Waals surface area contributed by atoms with Crippen LogP contribution in [0.4, 0.5) is 11.4 Å². The van der Waals surface area contributed by atoms with Gasteiger partial charge in [-0.3, -0.25) is 9.78 Å². The van der Waals surface area contributed by atoms with Crippen molar-refractivity contribution in [3.05, 3.63) is 48.3 Å². The normalized spacial score (nSPS) is 16.9. The van der Waals surface area contributed by atoms with Crippen molar-refractivity contribution in [2.45, 2.75) is 12.3 Å². The highest BCUT2D eigenvalue weighted by Gasteiger charge is 2.27. The number of pyridine rings is 1. The van der Waals surface area contributed by atoms with Crippen molar-refractivity contribution in [2.75, 3.05) is 17.7 Å². The Balaban J connectivity index is 1.84. The van der Waals surface area contributed by atoms with Crippen LogP contribution in [0.15, 0.2) is 42.7 Å². The molecule has 5 nitrogen and oxygen atoms in total. The van der Waals surface area contributed by atoms with Gasteiger partial charge in [-0.15, -0.1) is 0 Å². The molecule has 0 saturated carbocycles. The number of rotatable bonds is 2. The van der Waals surface area contributed by atoms with Gasteiger partial charge >= 0.3 is 0 Å². The van der Waals surface area contributed by atoms with Crippen molar-refractivity contribution in [1.82, 2.24) is 4.98 Å². The lowest BCUT2D eigenvalue weighted by molar-refractivity contribution is -0.118. The Morgan fingerprint density at radius 1 is 1.35 bits per heavy atom. The maximum atomic E-state index is 12.4.